The molecule has 0 aromatic heterocycles. The van der Waals surface area contributed by atoms with Crippen molar-refractivity contribution in [2.45, 2.75) is 11.5 Å². The lowest BCUT2D eigenvalue weighted by atomic mass is 9.76. The van der Waals surface area contributed by atoms with Gasteiger partial charge in [-0.2, -0.15) is 10.2 Å². The molecule has 2 atom stereocenters. The molecule has 0 amide bonds. The standard InChI is InChI=1S/C17H16N2O2/c1-21-16(20)17(14-10-6-3-7-11-14)15(12-18-19-17)13-8-4-2-5-9-13/h2-11,15H,12H2,1H3/t15-,17-/m0/s1. The van der Waals surface area contributed by atoms with Gasteiger partial charge in [0.05, 0.1) is 13.7 Å². The first-order valence-electron chi connectivity index (χ1n) is 6.86. The maximum absolute atomic E-state index is 12.5. The fourth-order valence-corrected chi connectivity index (χ4v) is 2.88. The normalized spacial score (nSPS) is 24.0. The summed E-state index contributed by atoms with van der Waals surface area (Å²) >= 11 is 0. The van der Waals surface area contributed by atoms with Crippen LogP contribution in [0.1, 0.15) is 17.0 Å². The first-order valence-corrected chi connectivity index (χ1v) is 6.86. The van der Waals surface area contributed by atoms with E-state index in [0.717, 1.165) is 11.1 Å². The summed E-state index contributed by atoms with van der Waals surface area (Å²) in [4.78, 5) is 12.5. The SMILES string of the molecule is COC(=O)[C@@]1(c2ccccc2)N=NC[C@H]1c1ccccc1. The first-order chi connectivity index (χ1) is 10.3. The molecular formula is C17H16N2O2. The van der Waals surface area contributed by atoms with Crippen molar-refractivity contribution in [3.8, 4) is 0 Å². The van der Waals surface area contributed by atoms with Crippen molar-refractivity contribution in [3.63, 3.8) is 0 Å². The molecule has 0 N–H and O–H groups in total. The van der Waals surface area contributed by atoms with Crippen LogP contribution in [-0.4, -0.2) is 19.6 Å². The van der Waals surface area contributed by atoms with Crippen LogP contribution in [0.5, 0.6) is 0 Å². The molecule has 1 aliphatic heterocycles. The number of methoxy groups -OCH3 is 1. The zero-order chi connectivity index (χ0) is 14.7. The summed E-state index contributed by atoms with van der Waals surface area (Å²) < 4.78 is 5.05. The van der Waals surface area contributed by atoms with Crippen LogP contribution in [0.15, 0.2) is 70.9 Å². The van der Waals surface area contributed by atoms with Crippen LogP contribution in [-0.2, 0) is 15.1 Å². The number of esters is 1. The van der Waals surface area contributed by atoms with E-state index in [-0.39, 0.29) is 11.9 Å². The van der Waals surface area contributed by atoms with Crippen LogP contribution < -0.4 is 0 Å². The quantitative estimate of drug-likeness (QED) is 0.810. The van der Waals surface area contributed by atoms with Crippen LogP contribution in [0.4, 0.5) is 0 Å². The minimum absolute atomic E-state index is 0.145. The summed E-state index contributed by atoms with van der Waals surface area (Å²) in [7, 11) is 1.39. The maximum Gasteiger partial charge on any atom is 0.341 e. The van der Waals surface area contributed by atoms with Gasteiger partial charge >= 0.3 is 5.97 Å². The molecule has 4 heteroatoms. The molecule has 0 aliphatic carbocycles. The summed E-state index contributed by atoms with van der Waals surface area (Å²) in [6, 6.07) is 19.4. The number of carbonyl (C=O) groups excluding carboxylic acids is 1. The van der Waals surface area contributed by atoms with Gasteiger partial charge in [0.25, 0.3) is 0 Å². The second kappa shape index (κ2) is 5.48. The minimum atomic E-state index is -1.09. The highest BCUT2D eigenvalue weighted by molar-refractivity contribution is 5.84. The van der Waals surface area contributed by atoms with Gasteiger partial charge in [-0.05, 0) is 11.1 Å². The van der Waals surface area contributed by atoms with Crippen LogP contribution in [0.3, 0.4) is 0 Å². The van der Waals surface area contributed by atoms with E-state index in [9.17, 15) is 4.79 Å². The molecule has 2 aromatic rings. The van der Waals surface area contributed by atoms with E-state index in [1.54, 1.807) is 0 Å². The average Bonchev–Trinajstić information content (AvgIpc) is 3.01. The van der Waals surface area contributed by atoms with E-state index >= 15 is 0 Å². The van der Waals surface area contributed by atoms with E-state index in [1.807, 2.05) is 60.7 Å². The average molecular weight is 280 g/mol. The predicted molar refractivity (Wildman–Crippen MR) is 79.0 cm³/mol. The minimum Gasteiger partial charge on any atom is -0.467 e. The highest BCUT2D eigenvalue weighted by atomic mass is 16.5. The Morgan fingerprint density at radius 3 is 2.33 bits per heavy atom. The molecule has 1 heterocycles. The number of nitrogens with zero attached hydrogens (tertiary/aromatic N) is 2. The molecule has 0 fully saturated rings. The third kappa shape index (κ3) is 2.13. The Morgan fingerprint density at radius 2 is 1.71 bits per heavy atom. The van der Waals surface area contributed by atoms with Crippen molar-refractivity contribution in [3.05, 3.63) is 71.8 Å². The van der Waals surface area contributed by atoms with E-state index in [4.69, 9.17) is 4.74 Å². The van der Waals surface area contributed by atoms with Gasteiger partial charge in [0.2, 0.25) is 5.54 Å². The molecule has 0 saturated carbocycles. The molecule has 1 aliphatic rings. The Bertz CT molecular complexity index is 655. The Kier molecular flexibility index (Phi) is 3.52. The summed E-state index contributed by atoms with van der Waals surface area (Å²) in [5.41, 5.74) is 0.765. The largest absolute Gasteiger partial charge is 0.467 e. The van der Waals surface area contributed by atoms with Crippen LogP contribution in [0.25, 0.3) is 0 Å². The third-order valence-electron chi connectivity index (χ3n) is 3.91. The van der Waals surface area contributed by atoms with E-state index in [1.165, 1.54) is 7.11 Å². The molecule has 3 rings (SSSR count). The molecular weight excluding hydrogens is 264 g/mol. The Morgan fingerprint density at radius 1 is 1.10 bits per heavy atom. The van der Waals surface area contributed by atoms with Crippen molar-refractivity contribution >= 4 is 5.97 Å². The summed E-state index contributed by atoms with van der Waals surface area (Å²) in [6.45, 7) is 0.480. The van der Waals surface area contributed by atoms with Gasteiger partial charge in [-0.15, -0.1) is 0 Å². The van der Waals surface area contributed by atoms with Crippen LogP contribution in [0.2, 0.25) is 0 Å². The number of hydrogen-bond acceptors (Lipinski definition) is 4. The van der Waals surface area contributed by atoms with Gasteiger partial charge < -0.3 is 4.74 Å². The van der Waals surface area contributed by atoms with Crippen LogP contribution in [0, 0.1) is 0 Å². The predicted octanol–water partition coefficient (Wildman–Crippen LogP) is 3.30. The Balaban J connectivity index is 2.15. The summed E-state index contributed by atoms with van der Waals surface area (Å²) in [6.07, 6.45) is 0. The second-order valence-electron chi connectivity index (χ2n) is 5.01. The molecule has 4 nitrogen and oxygen atoms in total. The van der Waals surface area contributed by atoms with Gasteiger partial charge in [0.15, 0.2) is 0 Å². The van der Waals surface area contributed by atoms with Gasteiger partial charge in [-0.1, -0.05) is 60.7 Å². The molecule has 0 spiro atoms. The van der Waals surface area contributed by atoms with E-state index < -0.39 is 5.54 Å². The lowest BCUT2D eigenvalue weighted by molar-refractivity contribution is -0.148. The molecule has 0 radical (unpaired) electrons. The number of hydrogen-bond donors (Lipinski definition) is 0. The number of carbonyl (C=O) groups is 1. The van der Waals surface area contributed by atoms with Crippen molar-refractivity contribution < 1.29 is 9.53 Å². The summed E-state index contributed by atoms with van der Waals surface area (Å²) in [5, 5.41) is 8.48. The lowest BCUT2D eigenvalue weighted by Gasteiger charge is -2.29. The molecule has 0 bridgehead atoms. The fraction of sp³-hybridized carbons (Fsp3) is 0.235. The van der Waals surface area contributed by atoms with Gasteiger partial charge in [0.1, 0.15) is 0 Å². The first kappa shape index (κ1) is 13.5. The zero-order valence-corrected chi connectivity index (χ0v) is 11.8. The molecule has 106 valence electrons. The highest BCUT2D eigenvalue weighted by Gasteiger charge is 2.52. The monoisotopic (exact) mass is 280 g/mol. The van der Waals surface area contributed by atoms with E-state index in [0.29, 0.717) is 6.54 Å². The van der Waals surface area contributed by atoms with Gasteiger partial charge in [-0.3, -0.25) is 0 Å². The zero-order valence-electron chi connectivity index (χ0n) is 11.8. The molecule has 0 unspecified atom stereocenters. The molecule has 21 heavy (non-hydrogen) atoms. The number of rotatable bonds is 3. The van der Waals surface area contributed by atoms with Crippen LogP contribution >= 0.6 is 0 Å². The lowest BCUT2D eigenvalue weighted by Crippen LogP contribution is -2.39. The fourth-order valence-electron chi connectivity index (χ4n) is 2.88. The smallest absolute Gasteiger partial charge is 0.341 e. The third-order valence-corrected chi connectivity index (χ3v) is 3.91. The number of ether oxygens (including phenoxy) is 1. The number of azo groups is 1. The second-order valence-corrected chi connectivity index (χ2v) is 5.01. The Labute approximate surface area is 123 Å². The molecule has 0 saturated heterocycles. The van der Waals surface area contributed by atoms with Crippen molar-refractivity contribution in [2.24, 2.45) is 10.2 Å². The molecule has 2 aromatic carbocycles. The topological polar surface area (TPSA) is 51.0 Å². The van der Waals surface area contributed by atoms with E-state index in [2.05, 4.69) is 10.2 Å². The van der Waals surface area contributed by atoms with Gasteiger partial charge in [-0.25, -0.2) is 4.79 Å². The highest BCUT2D eigenvalue weighted by Crippen LogP contribution is 2.45. The van der Waals surface area contributed by atoms with Gasteiger partial charge in [0, 0.05) is 5.92 Å². The summed E-state index contributed by atoms with van der Waals surface area (Å²) in [5.74, 6) is -0.516. The van der Waals surface area contributed by atoms with Crippen molar-refractivity contribution in [1.82, 2.24) is 0 Å². The van der Waals surface area contributed by atoms with Crippen molar-refractivity contribution in [1.29, 1.82) is 0 Å². The number of benzene rings is 2. The Hall–Kier alpha value is -2.49. The van der Waals surface area contributed by atoms with Crippen molar-refractivity contribution in [2.75, 3.05) is 13.7 Å². The maximum atomic E-state index is 12.5.